The van der Waals surface area contributed by atoms with E-state index >= 15 is 0 Å². The molecule has 1 aromatic heterocycles. The van der Waals surface area contributed by atoms with Crippen LogP contribution in [0.25, 0.3) is 11.3 Å². The molecule has 17 heavy (non-hydrogen) atoms. The van der Waals surface area contributed by atoms with Crippen molar-refractivity contribution in [1.29, 1.82) is 0 Å². The molecule has 0 aliphatic carbocycles. The summed E-state index contributed by atoms with van der Waals surface area (Å²) in [6.07, 6.45) is 1.73. The normalized spacial score (nSPS) is 10.8. The first-order chi connectivity index (χ1) is 8.22. The van der Waals surface area contributed by atoms with Crippen LogP contribution in [0.4, 0.5) is 4.39 Å². The summed E-state index contributed by atoms with van der Waals surface area (Å²) in [5.74, 6) is -0.243. The van der Waals surface area contributed by atoms with Crippen molar-refractivity contribution in [2.45, 2.75) is 6.54 Å². The molecule has 0 aliphatic heterocycles. The summed E-state index contributed by atoms with van der Waals surface area (Å²) in [5.41, 5.74) is 1.86. The van der Waals surface area contributed by atoms with Crippen molar-refractivity contribution in [3.63, 3.8) is 0 Å². The summed E-state index contributed by atoms with van der Waals surface area (Å²) in [7, 11) is 1.65. The van der Waals surface area contributed by atoms with Crippen molar-refractivity contribution in [2.75, 3.05) is 13.7 Å². The van der Waals surface area contributed by atoms with E-state index in [1.54, 1.807) is 25.4 Å². The number of nitrogens with zero attached hydrogens (tertiary/aromatic N) is 2. The molecule has 0 spiro atoms. The average molecular weight is 299 g/mol. The number of hydrogen-bond donors (Lipinski definition) is 0. The third-order valence-corrected chi connectivity index (χ3v) is 3.00. The van der Waals surface area contributed by atoms with E-state index in [0.717, 1.165) is 15.7 Å². The van der Waals surface area contributed by atoms with Crippen molar-refractivity contribution < 1.29 is 9.13 Å². The van der Waals surface area contributed by atoms with Gasteiger partial charge in [0.1, 0.15) is 5.82 Å². The lowest BCUT2D eigenvalue weighted by Crippen LogP contribution is -2.07. The Kier molecular flexibility index (Phi) is 3.91. The van der Waals surface area contributed by atoms with E-state index in [2.05, 4.69) is 21.0 Å². The highest BCUT2D eigenvalue weighted by molar-refractivity contribution is 9.10. The molecule has 0 radical (unpaired) electrons. The van der Waals surface area contributed by atoms with Crippen LogP contribution in [-0.2, 0) is 11.3 Å². The molecule has 0 N–H and O–H groups in total. The monoisotopic (exact) mass is 298 g/mol. The fourth-order valence-corrected chi connectivity index (χ4v) is 2.13. The van der Waals surface area contributed by atoms with Gasteiger partial charge in [-0.05, 0) is 40.2 Å². The van der Waals surface area contributed by atoms with Gasteiger partial charge in [-0.3, -0.25) is 4.68 Å². The minimum Gasteiger partial charge on any atom is -0.383 e. The molecule has 0 atom stereocenters. The predicted octanol–water partition coefficient (Wildman–Crippen LogP) is 3.10. The second kappa shape index (κ2) is 5.42. The molecule has 5 heteroatoms. The zero-order chi connectivity index (χ0) is 12.3. The van der Waals surface area contributed by atoms with Crippen LogP contribution in [0.2, 0.25) is 0 Å². The predicted molar refractivity (Wildman–Crippen MR) is 67.2 cm³/mol. The molecule has 3 nitrogen and oxygen atoms in total. The average Bonchev–Trinajstić information content (AvgIpc) is 2.69. The van der Waals surface area contributed by atoms with E-state index in [-0.39, 0.29) is 5.82 Å². The Bertz CT molecular complexity index is 496. The van der Waals surface area contributed by atoms with Crippen molar-refractivity contribution in [1.82, 2.24) is 9.78 Å². The largest absolute Gasteiger partial charge is 0.383 e. The molecule has 1 heterocycles. The summed E-state index contributed by atoms with van der Waals surface area (Å²) in [5, 5.41) is 4.25. The smallest absolute Gasteiger partial charge is 0.123 e. The minimum absolute atomic E-state index is 0.243. The number of hydrogen-bond acceptors (Lipinski definition) is 2. The van der Waals surface area contributed by atoms with E-state index in [0.29, 0.717) is 13.2 Å². The van der Waals surface area contributed by atoms with Crippen molar-refractivity contribution in [3.05, 3.63) is 40.8 Å². The van der Waals surface area contributed by atoms with E-state index in [9.17, 15) is 4.39 Å². The van der Waals surface area contributed by atoms with Crippen LogP contribution in [0.5, 0.6) is 0 Å². The maximum absolute atomic E-state index is 12.9. The molecule has 90 valence electrons. The molecule has 0 aliphatic rings. The maximum Gasteiger partial charge on any atom is 0.123 e. The van der Waals surface area contributed by atoms with Crippen LogP contribution in [0.15, 0.2) is 34.9 Å². The van der Waals surface area contributed by atoms with Gasteiger partial charge in [-0.15, -0.1) is 0 Å². The van der Waals surface area contributed by atoms with E-state index in [1.165, 1.54) is 12.1 Å². The molecule has 0 saturated heterocycles. The lowest BCUT2D eigenvalue weighted by atomic mass is 10.1. The van der Waals surface area contributed by atoms with Crippen molar-refractivity contribution in [2.24, 2.45) is 0 Å². The van der Waals surface area contributed by atoms with E-state index in [4.69, 9.17) is 4.74 Å². The fourth-order valence-electron chi connectivity index (χ4n) is 1.60. The first-order valence-electron chi connectivity index (χ1n) is 5.18. The number of methoxy groups -OCH3 is 1. The molecule has 0 unspecified atom stereocenters. The van der Waals surface area contributed by atoms with Gasteiger partial charge < -0.3 is 4.74 Å². The standard InChI is InChI=1S/C12H12BrFN2O/c1-17-7-6-16-12(11(13)8-15-16)9-2-4-10(14)5-3-9/h2-5,8H,6-7H2,1H3. The van der Waals surface area contributed by atoms with Crippen LogP contribution in [0, 0.1) is 5.82 Å². The Morgan fingerprint density at radius 3 is 2.71 bits per heavy atom. The van der Waals surface area contributed by atoms with Gasteiger partial charge in [0.25, 0.3) is 0 Å². The quantitative estimate of drug-likeness (QED) is 0.867. The second-order valence-corrected chi connectivity index (χ2v) is 4.42. The number of aromatic nitrogens is 2. The Morgan fingerprint density at radius 2 is 2.06 bits per heavy atom. The van der Waals surface area contributed by atoms with Gasteiger partial charge in [0, 0.05) is 12.7 Å². The Balaban J connectivity index is 2.36. The fraction of sp³-hybridized carbons (Fsp3) is 0.250. The Labute approximate surface area is 107 Å². The summed E-state index contributed by atoms with van der Waals surface area (Å²) < 4.78 is 20.6. The first kappa shape index (κ1) is 12.3. The highest BCUT2D eigenvalue weighted by Gasteiger charge is 2.10. The second-order valence-electron chi connectivity index (χ2n) is 3.56. The Hall–Kier alpha value is -1.20. The highest BCUT2D eigenvalue weighted by atomic mass is 79.9. The lowest BCUT2D eigenvalue weighted by Gasteiger charge is -2.07. The van der Waals surface area contributed by atoms with Crippen molar-refractivity contribution in [3.8, 4) is 11.3 Å². The van der Waals surface area contributed by atoms with Crippen LogP contribution in [-0.4, -0.2) is 23.5 Å². The molecule has 2 rings (SSSR count). The van der Waals surface area contributed by atoms with Gasteiger partial charge in [-0.1, -0.05) is 0 Å². The molecule has 0 saturated carbocycles. The molecule has 0 fully saturated rings. The summed E-state index contributed by atoms with van der Waals surface area (Å²) in [6.45, 7) is 1.25. The molecule has 1 aromatic carbocycles. The van der Waals surface area contributed by atoms with Crippen LogP contribution in [0.1, 0.15) is 0 Å². The minimum atomic E-state index is -0.243. The summed E-state index contributed by atoms with van der Waals surface area (Å²) >= 11 is 3.45. The lowest BCUT2D eigenvalue weighted by molar-refractivity contribution is 0.184. The molecular weight excluding hydrogens is 287 g/mol. The molecule has 0 amide bonds. The zero-order valence-corrected chi connectivity index (χ0v) is 10.9. The third kappa shape index (κ3) is 2.73. The van der Waals surface area contributed by atoms with Gasteiger partial charge in [-0.2, -0.15) is 5.10 Å². The number of halogens is 2. The van der Waals surface area contributed by atoms with Gasteiger partial charge >= 0.3 is 0 Å². The van der Waals surface area contributed by atoms with E-state index < -0.39 is 0 Å². The molecular formula is C12H12BrFN2O. The topological polar surface area (TPSA) is 27.1 Å². The van der Waals surface area contributed by atoms with Gasteiger partial charge in [0.2, 0.25) is 0 Å². The number of benzene rings is 1. The SMILES string of the molecule is COCCn1ncc(Br)c1-c1ccc(F)cc1. The summed E-state index contributed by atoms with van der Waals surface area (Å²) in [6, 6.07) is 6.35. The Morgan fingerprint density at radius 1 is 1.35 bits per heavy atom. The molecule has 2 aromatic rings. The first-order valence-corrected chi connectivity index (χ1v) is 5.98. The van der Waals surface area contributed by atoms with Gasteiger partial charge in [-0.25, -0.2) is 4.39 Å². The zero-order valence-electron chi connectivity index (χ0n) is 9.36. The summed E-state index contributed by atoms with van der Waals surface area (Å²) in [4.78, 5) is 0. The maximum atomic E-state index is 12.9. The van der Waals surface area contributed by atoms with Crippen molar-refractivity contribution >= 4 is 15.9 Å². The third-order valence-electron chi connectivity index (χ3n) is 2.42. The number of rotatable bonds is 4. The van der Waals surface area contributed by atoms with Crippen LogP contribution >= 0.6 is 15.9 Å². The van der Waals surface area contributed by atoms with E-state index in [1.807, 2.05) is 4.68 Å². The van der Waals surface area contributed by atoms with Gasteiger partial charge in [0.05, 0.1) is 29.5 Å². The van der Waals surface area contributed by atoms with Gasteiger partial charge in [0.15, 0.2) is 0 Å². The number of ether oxygens (including phenoxy) is 1. The molecule has 0 bridgehead atoms. The van der Waals surface area contributed by atoms with Crippen LogP contribution < -0.4 is 0 Å². The highest BCUT2D eigenvalue weighted by Crippen LogP contribution is 2.28. The van der Waals surface area contributed by atoms with Crippen LogP contribution in [0.3, 0.4) is 0 Å².